The smallest absolute Gasteiger partial charge is 0.262 e. The number of carbonyl (C=O) groups is 2. The van der Waals surface area contributed by atoms with Crippen LogP contribution in [0.2, 0.25) is 0 Å². The van der Waals surface area contributed by atoms with E-state index in [9.17, 15) is 31.9 Å². The Morgan fingerprint density at radius 2 is 1.59 bits per heavy atom. The van der Waals surface area contributed by atoms with Crippen LogP contribution in [-0.2, 0) is 0 Å². The van der Waals surface area contributed by atoms with Crippen LogP contribution in [0, 0.1) is 0 Å². The largest absolute Gasteiger partial charge is 0.384 e. The first-order chi connectivity index (χ1) is 13.7. The van der Waals surface area contributed by atoms with E-state index >= 15 is 0 Å². The summed E-state index contributed by atoms with van der Waals surface area (Å²) < 4.78 is 57.8. The number of rotatable bonds is 2. The molecule has 1 aromatic heterocycles. The average molecular weight is 409 g/mol. The molecule has 152 valence electrons. The molecule has 2 aromatic rings. The van der Waals surface area contributed by atoms with Crippen molar-refractivity contribution in [2.24, 2.45) is 0 Å². The summed E-state index contributed by atoms with van der Waals surface area (Å²) in [5.74, 6) is -3.86. The summed E-state index contributed by atoms with van der Waals surface area (Å²) in [4.78, 5) is 36.4. The molecule has 29 heavy (non-hydrogen) atoms. The van der Waals surface area contributed by atoms with Crippen LogP contribution in [-0.4, -0.2) is 41.1 Å². The van der Waals surface area contributed by atoms with Gasteiger partial charge in [0, 0.05) is 12.5 Å². The van der Waals surface area contributed by atoms with Crippen molar-refractivity contribution in [1.29, 1.82) is 0 Å². The molecule has 0 saturated heterocycles. The van der Waals surface area contributed by atoms with Crippen LogP contribution >= 0.6 is 0 Å². The molecule has 1 aromatic carbocycles. The second-order valence-corrected chi connectivity index (χ2v) is 7.02. The van der Waals surface area contributed by atoms with E-state index in [4.69, 9.17) is 5.73 Å². The highest BCUT2D eigenvalue weighted by molar-refractivity contribution is 6.23. The Labute approximate surface area is 161 Å². The van der Waals surface area contributed by atoms with Gasteiger partial charge < -0.3 is 5.73 Å². The molecule has 4 unspecified atom stereocenters. The van der Waals surface area contributed by atoms with Crippen molar-refractivity contribution in [3.8, 4) is 5.69 Å². The fraction of sp³-hybridized carbons (Fsp3) is 0.316. The molecule has 6 nitrogen and oxygen atoms in total. The molecular formula is C19H15F4N3O3. The number of nitrogen functional groups attached to an aromatic ring is 1. The monoisotopic (exact) mass is 409 g/mol. The summed E-state index contributed by atoms with van der Waals surface area (Å²) in [6.07, 6.45) is -10.0. The summed E-state index contributed by atoms with van der Waals surface area (Å²) in [6.45, 7) is 0. The lowest BCUT2D eigenvalue weighted by Gasteiger charge is -2.35. The Kier molecular flexibility index (Phi) is 4.44. The van der Waals surface area contributed by atoms with Crippen LogP contribution in [0.4, 0.5) is 23.4 Å². The van der Waals surface area contributed by atoms with E-state index < -0.39 is 60.2 Å². The average Bonchev–Trinajstić information content (AvgIpc) is 2.95. The van der Waals surface area contributed by atoms with E-state index in [-0.39, 0.29) is 22.4 Å². The van der Waals surface area contributed by atoms with Gasteiger partial charge in [0.25, 0.3) is 17.4 Å². The van der Waals surface area contributed by atoms with Crippen molar-refractivity contribution in [1.82, 2.24) is 9.88 Å². The van der Waals surface area contributed by atoms with E-state index in [0.717, 1.165) is 10.6 Å². The number of nitrogens with zero attached hydrogens (tertiary/aromatic N) is 1. The zero-order valence-electron chi connectivity index (χ0n) is 14.7. The summed E-state index contributed by atoms with van der Waals surface area (Å²) in [5.41, 5.74) is 4.35. The molecule has 10 heteroatoms. The minimum absolute atomic E-state index is 0.124. The molecule has 1 saturated carbocycles. The zero-order valence-corrected chi connectivity index (χ0v) is 14.7. The maximum atomic E-state index is 14.6. The number of halogens is 4. The van der Waals surface area contributed by atoms with Crippen molar-refractivity contribution in [2.45, 2.75) is 37.0 Å². The van der Waals surface area contributed by atoms with Crippen LogP contribution in [0.5, 0.6) is 0 Å². The lowest BCUT2D eigenvalue weighted by atomic mass is 9.78. The summed E-state index contributed by atoms with van der Waals surface area (Å²) >= 11 is 0. The van der Waals surface area contributed by atoms with Gasteiger partial charge in [-0.15, -0.1) is 0 Å². The number of alkyl halides is 4. The van der Waals surface area contributed by atoms with E-state index in [1.54, 1.807) is 0 Å². The molecule has 1 aliphatic carbocycles. The van der Waals surface area contributed by atoms with E-state index in [2.05, 4.69) is 0 Å². The Bertz CT molecular complexity index is 1070. The van der Waals surface area contributed by atoms with Crippen molar-refractivity contribution in [3.63, 3.8) is 0 Å². The molecule has 3 N–H and O–H groups in total. The highest BCUT2D eigenvalue weighted by atomic mass is 19.2. The first kappa shape index (κ1) is 19.2. The number of hydrogen-bond donors (Lipinski definition) is 2. The zero-order chi connectivity index (χ0) is 21.0. The summed E-state index contributed by atoms with van der Waals surface area (Å²) in [6, 6.07) is 6.25. The number of carbonyl (C=O) groups excluding carboxylic acids is 2. The van der Waals surface area contributed by atoms with Crippen LogP contribution in [0.1, 0.15) is 38.6 Å². The lowest BCUT2D eigenvalue weighted by Crippen LogP contribution is -2.44. The molecule has 0 radical (unpaired) electrons. The van der Waals surface area contributed by atoms with Crippen LogP contribution < -0.4 is 16.6 Å². The van der Waals surface area contributed by atoms with Gasteiger partial charge in [0.15, 0.2) is 0 Å². The summed E-state index contributed by atoms with van der Waals surface area (Å²) in [7, 11) is 0. The van der Waals surface area contributed by atoms with E-state index in [0.29, 0.717) is 0 Å². The third-order valence-electron chi connectivity index (χ3n) is 5.32. The molecule has 2 amide bonds. The van der Waals surface area contributed by atoms with Gasteiger partial charge >= 0.3 is 0 Å². The number of nitrogens with two attached hydrogens (primary N) is 1. The number of anilines is 1. The van der Waals surface area contributed by atoms with Gasteiger partial charge in [-0.3, -0.25) is 24.3 Å². The minimum Gasteiger partial charge on any atom is -0.384 e. The molecular weight excluding hydrogens is 394 g/mol. The first-order valence-corrected chi connectivity index (χ1v) is 8.79. The second kappa shape index (κ2) is 6.71. The number of amides is 2. The molecule has 0 spiro atoms. The molecule has 1 fully saturated rings. The van der Waals surface area contributed by atoms with Crippen molar-refractivity contribution in [3.05, 3.63) is 57.4 Å². The fourth-order valence-corrected chi connectivity index (χ4v) is 3.94. The van der Waals surface area contributed by atoms with Crippen LogP contribution in [0.25, 0.3) is 5.69 Å². The molecule has 4 atom stereocenters. The van der Waals surface area contributed by atoms with Crippen LogP contribution in [0.3, 0.4) is 0 Å². The summed E-state index contributed by atoms with van der Waals surface area (Å²) in [5, 5.41) is 2.00. The number of fused-ring (bicyclic) bond motifs is 1. The minimum atomic E-state index is -2.34. The quantitative estimate of drug-likeness (QED) is 0.587. The Hall–Kier alpha value is -3.17. The number of pyridine rings is 1. The van der Waals surface area contributed by atoms with Gasteiger partial charge in [-0.05, 0) is 11.6 Å². The molecule has 2 aliphatic rings. The Morgan fingerprint density at radius 3 is 2.24 bits per heavy atom. The number of nitrogens with one attached hydrogen (secondary N) is 1. The van der Waals surface area contributed by atoms with Gasteiger partial charge in [-0.1, -0.05) is 18.2 Å². The highest BCUT2D eigenvalue weighted by Gasteiger charge is 2.48. The van der Waals surface area contributed by atoms with Crippen molar-refractivity contribution >= 4 is 17.6 Å². The third-order valence-corrected chi connectivity index (χ3v) is 5.32. The molecule has 2 heterocycles. The molecule has 1 aliphatic heterocycles. The Balaban J connectivity index is 1.94. The standard InChI is InChI=1S/C19H15F4N3O3/c20-9-6-10(21)16(23)13(15(9)22)7-3-1-2-4-11(7)26-12(27)5-8-14(17(26)24)19(29)25-18(8)28/h1-5,9-10,13,15-16H,6,24H2,(H,25,28,29). The molecule has 4 rings (SSSR count). The highest BCUT2D eigenvalue weighted by Crippen LogP contribution is 2.42. The molecule has 0 bridgehead atoms. The van der Waals surface area contributed by atoms with Crippen molar-refractivity contribution < 1.29 is 27.2 Å². The SMILES string of the molecule is Nc1c2c(cc(=O)n1-c1ccccc1C1C(F)C(F)CC(F)C1F)C(=O)NC2=O. The number of benzene rings is 1. The van der Waals surface area contributed by atoms with Gasteiger partial charge in [0.2, 0.25) is 0 Å². The predicted molar refractivity (Wildman–Crippen MR) is 95.2 cm³/mol. The third kappa shape index (κ3) is 2.81. The van der Waals surface area contributed by atoms with E-state index in [1.165, 1.54) is 24.3 Å². The van der Waals surface area contributed by atoms with E-state index in [1.807, 2.05) is 5.32 Å². The maximum absolute atomic E-state index is 14.6. The number of para-hydroxylation sites is 1. The second-order valence-electron chi connectivity index (χ2n) is 7.02. The topological polar surface area (TPSA) is 94.2 Å². The predicted octanol–water partition coefficient (Wildman–Crippen LogP) is 2.14. The lowest BCUT2D eigenvalue weighted by molar-refractivity contribution is -0.00571. The fourth-order valence-electron chi connectivity index (χ4n) is 3.94. The van der Waals surface area contributed by atoms with Crippen LogP contribution in [0.15, 0.2) is 35.1 Å². The van der Waals surface area contributed by atoms with Crippen molar-refractivity contribution in [2.75, 3.05) is 5.73 Å². The number of aromatic nitrogens is 1. The first-order valence-electron chi connectivity index (χ1n) is 8.79. The maximum Gasteiger partial charge on any atom is 0.262 e. The van der Waals surface area contributed by atoms with Gasteiger partial charge in [0.1, 0.15) is 30.5 Å². The number of imide groups is 1. The number of hydrogen-bond acceptors (Lipinski definition) is 4. The van der Waals surface area contributed by atoms with Gasteiger partial charge in [-0.2, -0.15) is 0 Å². The normalized spacial score (nSPS) is 28.9. The van der Waals surface area contributed by atoms with Gasteiger partial charge in [0.05, 0.1) is 22.7 Å². The van der Waals surface area contributed by atoms with Gasteiger partial charge in [-0.25, -0.2) is 17.6 Å². The Morgan fingerprint density at radius 1 is 0.966 bits per heavy atom.